The summed E-state index contributed by atoms with van der Waals surface area (Å²) in [5.74, 6) is 0.784. The highest BCUT2D eigenvalue weighted by molar-refractivity contribution is 5.58. The molecule has 1 aromatic heterocycles. The van der Waals surface area contributed by atoms with Crippen LogP contribution in [0, 0.1) is 13.8 Å². The normalized spacial score (nSPS) is 14.2. The lowest BCUT2D eigenvalue weighted by Gasteiger charge is -2.28. The van der Waals surface area contributed by atoms with E-state index in [2.05, 4.69) is 41.9 Å². The van der Waals surface area contributed by atoms with Gasteiger partial charge in [-0.2, -0.15) is 0 Å². The third kappa shape index (κ3) is 3.46. The minimum atomic E-state index is 0.758. The number of benzene rings is 2. The molecule has 0 atom stereocenters. The lowest BCUT2D eigenvalue weighted by molar-refractivity contribution is 0.243. The largest absolute Gasteiger partial charge is 0.399 e. The predicted molar refractivity (Wildman–Crippen MR) is 106 cm³/mol. The molecule has 2 heterocycles. The summed E-state index contributed by atoms with van der Waals surface area (Å²) < 4.78 is 0. The van der Waals surface area contributed by atoms with Crippen LogP contribution < -0.4 is 5.73 Å². The standard InChI is InChI=1S/C22H24N4/c1-15-3-4-17(11-16(15)2)13-26-10-9-21-19(14-26)12-24-22(25-21)18-5-7-20(23)8-6-18/h3-8,11-12H,9-10,13-14,23H2,1-2H3. The average Bonchev–Trinajstić information content (AvgIpc) is 2.65. The van der Waals surface area contributed by atoms with Crippen LogP contribution in [0.25, 0.3) is 11.4 Å². The first-order valence-corrected chi connectivity index (χ1v) is 9.08. The number of hydrogen-bond acceptors (Lipinski definition) is 4. The SMILES string of the molecule is Cc1ccc(CN2CCc3nc(-c4ccc(N)cc4)ncc3C2)cc1C. The van der Waals surface area contributed by atoms with E-state index in [1.54, 1.807) is 0 Å². The lowest BCUT2D eigenvalue weighted by atomic mass is 10.0. The Balaban J connectivity index is 1.50. The van der Waals surface area contributed by atoms with Crippen LogP contribution in [0.2, 0.25) is 0 Å². The molecule has 4 heteroatoms. The Hall–Kier alpha value is -2.72. The Morgan fingerprint density at radius 2 is 1.85 bits per heavy atom. The number of hydrogen-bond donors (Lipinski definition) is 1. The lowest BCUT2D eigenvalue weighted by Crippen LogP contribution is -2.31. The summed E-state index contributed by atoms with van der Waals surface area (Å²) in [6, 6.07) is 14.5. The van der Waals surface area contributed by atoms with E-state index in [9.17, 15) is 0 Å². The minimum Gasteiger partial charge on any atom is -0.399 e. The van der Waals surface area contributed by atoms with Gasteiger partial charge >= 0.3 is 0 Å². The summed E-state index contributed by atoms with van der Waals surface area (Å²) in [5, 5.41) is 0. The van der Waals surface area contributed by atoms with Crippen LogP contribution >= 0.6 is 0 Å². The molecule has 0 radical (unpaired) electrons. The molecule has 0 fully saturated rings. The van der Waals surface area contributed by atoms with E-state index in [-0.39, 0.29) is 0 Å². The van der Waals surface area contributed by atoms with E-state index in [1.807, 2.05) is 30.5 Å². The maximum absolute atomic E-state index is 5.77. The van der Waals surface area contributed by atoms with Crippen molar-refractivity contribution < 1.29 is 0 Å². The van der Waals surface area contributed by atoms with Crippen molar-refractivity contribution in [2.45, 2.75) is 33.4 Å². The fraction of sp³-hybridized carbons (Fsp3) is 0.273. The number of anilines is 1. The second kappa shape index (κ2) is 6.89. The molecule has 1 aliphatic heterocycles. The van der Waals surface area contributed by atoms with E-state index in [0.717, 1.165) is 43.1 Å². The maximum Gasteiger partial charge on any atom is 0.159 e. The van der Waals surface area contributed by atoms with Crippen LogP contribution in [0.15, 0.2) is 48.7 Å². The number of fused-ring (bicyclic) bond motifs is 1. The van der Waals surface area contributed by atoms with Crippen LogP contribution in [0.1, 0.15) is 27.9 Å². The third-order valence-electron chi connectivity index (χ3n) is 5.16. The van der Waals surface area contributed by atoms with Gasteiger partial charge < -0.3 is 5.73 Å². The molecule has 0 unspecified atom stereocenters. The van der Waals surface area contributed by atoms with Crippen molar-refractivity contribution in [3.05, 3.63) is 76.6 Å². The number of nitrogen functional groups attached to an aromatic ring is 1. The monoisotopic (exact) mass is 344 g/mol. The van der Waals surface area contributed by atoms with Crippen molar-refractivity contribution in [3.8, 4) is 11.4 Å². The van der Waals surface area contributed by atoms with Gasteiger partial charge in [-0.05, 0) is 54.8 Å². The van der Waals surface area contributed by atoms with E-state index < -0.39 is 0 Å². The van der Waals surface area contributed by atoms with Gasteiger partial charge in [-0.1, -0.05) is 18.2 Å². The van der Waals surface area contributed by atoms with Crippen molar-refractivity contribution in [2.75, 3.05) is 12.3 Å². The molecule has 0 saturated carbocycles. The smallest absolute Gasteiger partial charge is 0.159 e. The summed E-state index contributed by atoms with van der Waals surface area (Å²) in [6.07, 6.45) is 2.95. The average molecular weight is 344 g/mol. The fourth-order valence-electron chi connectivity index (χ4n) is 3.44. The van der Waals surface area contributed by atoms with Gasteiger partial charge in [0.1, 0.15) is 0 Å². The predicted octanol–water partition coefficient (Wildman–Crippen LogP) is 3.90. The molecule has 0 saturated heterocycles. The highest BCUT2D eigenvalue weighted by Crippen LogP contribution is 2.23. The summed E-state index contributed by atoms with van der Waals surface area (Å²) >= 11 is 0. The molecule has 0 bridgehead atoms. The number of nitrogens with zero attached hydrogens (tertiary/aromatic N) is 3. The van der Waals surface area contributed by atoms with Crippen LogP contribution in [-0.2, 0) is 19.5 Å². The number of aromatic nitrogens is 2. The van der Waals surface area contributed by atoms with Crippen LogP contribution in [0.5, 0.6) is 0 Å². The highest BCUT2D eigenvalue weighted by Gasteiger charge is 2.19. The molecule has 2 aromatic carbocycles. The molecule has 132 valence electrons. The Labute approximate surface area is 154 Å². The Morgan fingerprint density at radius 3 is 2.62 bits per heavy atom. The third-order valence-corrected chi connectivity index (χ3v) is 5.16. The van der Waals surface area contributed by atoms with Crippen molar-refractivity contribution in [1.82, 2.24) is 14.9 Å². The summed E-state index contributed by atoms with van der Waals surface area (Å²) in [6.45, 7) is 7.24. The van der Waals surface area contributed by atoms with E-state index in [4.69, 9.17) is 10.7 Å². The van der Waals surface area contributed by atoms with Gasteiger partial charge in [0.25, 0.3) is 0 Å². The molecule has 3 aromatic rings. The number of nitrogens with two attached hydrogens (primary N) is 1. The van der Waals surface area contributed by atoms with E-state index in [1.165, 1.54) is 27.9 Å². The molecule has 4 nitrogen and oxygen atoms in total. The molecule has 26 heavy (non-hydrogen) atoms. The fourth-order valence-corrected chi connectivity index (χ4v) is 3.44. The summed E-state index contributed by atoms with van der Waals surface area (Å²) in [5.41, 5.74) is 14.0. The molecular weight excluding hydrogens is 320 g/mol. The Kier molecular flexibility index (Phi) is 4.43. The Bertz CT molecular complexity index is 931. The van der Waals surface area contributed by atoms with Gasteiger partial charge in [-0.25, -0.2) is 9.97 Å². The molecule has 0 aliphatic carbocycles. The van der Waals surface area contributed by atoms with Gasteiger partial charge in [0.15, 0.2) is 5.82 Å². The zero-order valence-electron chi connectivity index (χ0n) is 15.4. The van der Waals surface area contributed by atoms with Gasteiger partial charge in [0.05, 0.1) is 5.69 Å². The van der Waals surface area contributed by atoms with Gasteiger partial charge in [-0.15, -0.1) is 0 Å². The zero-order chi connectivity index (χ0) is 18.1. The zero-order valence-corrected chi connectivity index (χ0v) is 15.4. The van der Waals surface area contributed by atoms with Crippen LogP contribution in [-0.4, -0.2) is 21.4 Å². The molecule has 4 rings (SSSR count). The number of aryl methyl sites for hydroxylation is 2. The summed E-state index contributed by atoms with van der Waals surface area (Å²) in [7, 11) is 0. The quantitative estimate of drug-likeness (QED) is 0.732. The van der Waals surface area contributed by atoms with Crippen molar-refractivity contribution in [1.29, 1.82) is 0 Å². The van der Waals surface area contributed by atoms with Crippen molar-refractivity contribution in [2.24, 2.45) is 0 Å². The van der Waals surface area contributed by atoms with E-state index in [0.29, 0.717) is 0 Å². The van der Waals surface area contributed by atoms with Crippen LogP contribution in [0.3, 0.4) is 0 Å². The van der Waals surface area contributed by atoms with Crippen molar-refractivity contribution in [3.63, 3.8) is 0 Å². The molecule has 0 amide bonds. The molecule has 2 N–H and O–H groups in total. The second-order valence-corrected chi connectivity index (χ2v) is 7.17. The molecular formula is C22H24N4. The first kappa shape index (κ1) is 16.7. The molecule has 0 spiro atoms. The minimum absolute atomic E-state index is 0.758. The summed E-state index contributed by atoms with van der Waals surface area (Å²) in [4.78, 5) is 11.9. The van der Waals surface area contributed by atoms with Crippen LogP contribution in [0.4, 0.5) is 5.69 Å². The second-order valence-electron chi connectivity index (χ2n) is 7.17. The molecule has 1 aliphatic rings. The first-order valence-electron chi connectivity index (χ1n) is 9.08. The Morgan fingerprint density at radius 1 is 1.04 bits per heavy atom. The first-order chi connectivity index (χ1) is 12.6. The van der Waals surface area contributed by atoms with E-state index >= 15 is 0 Å². The van der Waals surface area contributed by atoms with Gasteiger partial charge in [0, 0.05) is 49.1 Å². The highest BCUT2D eigenvalue weighted by atomic mass is 15.1. The van der Waals surface area contributed by atoms with Gasteiger partial charge in [0.2, 0.25) is 0 Å². The number of rotatable bonds is 3. The van der Waals surface area contributed by atoms with Crippen molar-refractivity contribution >= 4 is 5.69 Å². The maximum atomic E-state index is 5.77. The topological polar surface area (TPSA) is 55.0 Å². The van der Waals surface area contributed by atoms with Gasteiger partial charge in [-0.3, -0.25) is 4.90 Å².